The number of fused-ring (bicyclic) bond motifs is 7. The number of hydrogen-bond donors (Lipinski definition) is 3. The molecular weight excluding hydrogens is 638 g/mol. The standard InChI is InChI=1S/C43H49N3O5/c1-45-42(44)46-35-10-5-9-31(26-35)8-4-3-7-30-20-22-43(23-21-30)28-36(47)16-12-32-14-19-40(49-2)41(27-32)50-29-33-13-17-37-34(25-33)15-18-39(48)38(37)11-6-24-51-43/h5,9-10,13-15,17-19,25-27,30,48H,3-4,7-8,11-12,16,20-23,28-29H2,1-2H3,(H3,44,45,46). The molecule has 4 aromatic carbocycles. The predicted octanol–water partition coefficient (Wildman–Crippen LogP) is 8.26. The quantitative estimate of drug-likeness (QED) is 0.0776. The lowest BCUT2D eigenvalue weighted by atomic mass is 9.74. The molecule has 1 saturated carbocycles. The van der Waals surface area contributed by atoms with Crippen LogP contribution < -0.4 is 20.5 Å². The predicted molar refractivity (Wildman–Crippen MR) is 203 cm³/mol. The number of methoxy groups -OCH3 is 1. The first-order valence-corrected chi connectivity index (χ1v) is 18.1. The first kappa shape index (κ1) is 35.7. The van der Waals surface area contributed by atoms with Gasteiger partial charge in [-0.1, -0.05) is 55.2 Å². The Morgan fingerprint density at radius 2 is 1.88 bits per heavy atom. The van der Waals surface area contributed by atoms with Gasteiger partial charge in [-0.15, -0.1) is 0 Å². The van der Waals surface area contributed by atoms with E-state index < -0.39 is 5.60 Å². The van der Waals surface area contributed by atoms with Crippen LogP contribution in [-0.4, -0.2) is 36.6 Å². The Bertz CT molecular complexity index is 1930. The highest BCUT2D eigenvalue weighted by Gasteiger charge is 2.38. The number of rotatable bonds is 7. The number of hydrogen-bond acceptors (Lipinski definition) is 6. The van der Waals surface area contributed by atoms with Crippen molar-refractivity contribution in [2.75, 3.05) is 19.5 Å². The van der Waals surface area contributed by atoms with E-state index >= 15 is 0 Å². The Morgan fingerprint density at radius 1 is 1.04 bits per heavy atom. The number of phenolic OH excluding ortho intramolecular Hbond substituents is 1. The molecule has 51 heavy (non-hydrogen) atoms. The number of aromatic hydroxyl groups is 1. The molecule has 2 aliphatic heterocycles. The van der Waals surface area contributed by atoms with Gasteiger partial charge in [-0.3, -0.25) is 9.79 Å². The summed E-state index contributed by atoms with van der Waals surface area (Å²) >= 11 is 0. The third-order valence-electron chi connectivity index (χ3n) is 10.4. The number of anilines is 1. The van der Waals surface area contributed by atoms with Gasteiger partial charge in [-0.2, -0.15) is 0 Å². The fraction of sp³-hybridized carbons (Fsp3) is 0.395. The minimum Gasteiger partial charge on any atom is -0.508 e. The number of carbonyl (C=O) groups excluding carboxylic acids is 1. The lowest BCUT2D eigenvalue weighted by molar-refractivity contribution is -0.125. The van der Waals surface area contributed by atoms with Crippen molar-refractivity contribution in [3.63, 3.8) is 0 Å². The molecule has 6 bridgehead atoms. The van der Waals surface area contributed by atoms with Crippen LogP contribution in [0.5, 0.6) is 17.2 Å². The number of unbranched alkanes of at least 4 members (excludes halogenated alkanes) is 1. The van der Waals surface area contributed by atoms with Crippen molar-refractivity contribution in [1.29, 1.82) is 0 Å². The fourth-order valence-electron chi connectivity index (χ4n) is 7.44. The number of phenols is 1. The molecule has 3 aliphatic rings. The lowest BCUT2D eigenvalue weighted by Crippen LogP contribution is -2.38. The average Bonchev–Trinajstić information content (AvgIpc) is 3.14. The summed E-state index contributed by atoms with van der Waals surface area (Å²) in [7, 11) is 3.30. The molecule has 2 heterocycles. The number of ether oxygens (including phenoxy) is 3. The normalized spacial score (nSPS) is 19.7. The Balaban J connectivity index is 1.14. The summed E-state index contributed by atoms with van der Waals surface area (Å²) in [4.78, 5) is 17.5. The highest BCUT2D eigenvalue weighted by molar-refractivity contribution is 5.92. The van der Waals surface area contributed by atoms with Crippen molar-refractivity contribution >= 4 is 28.2 Å². The molecule has 8 heteroatoms. The van der Waals surface area contributed by atoms with Gasteiger partial charge in [0.2, 0.25) is 0 Å². The number of guanidine groups is 1. The summed E-state index contributed by atoms with van der Waals surface area (Å²) in [6, 6.07) is 24.0. The van der Waals surface area contributed by atoms with E-state index in [4.69, 9.17) is 19.9 Å². The molecule has 4 aromatic rings. The lowest BCUT2D eigenvalue weighted by Gasteiger charge is -2.38. The molecule has 0 amide bonds. The first-order valence-electron chi connectivity index (χ1n) is 18.1. The van der Waals surface area contributed by atoms with E-state index in [1.165, 1.54) is 5.56 Å². The molecule has 0 unspecified atom stereocenters. The summed E-state index contributed by atoms with van der Waals surface area (Å²) in [5, 5.41) is 15.8. The summed E-state index contributed by atoms with van der Waals surface area (Å²) in [5.74, 6) is 5.87. The van der Waals surface area contributed by atoms with E-state index in [1.807, 2.05) is 48.5 Å². The molecule has 4 N–H and O–H groups in total. The monoisotopic (exact) mass is 687 g/mol. The molecule has 8 nitrogen and oxygen atoms in total. The number of nitrogens with one attached hydrogen (secondary N) is 1. The van der Waals surface area contributed by atoms with Gasteiger partial charge in [0.1, 0.15) is 29.8 Å². The molecule has 7 rings (SSSR count). The molecule has 1 spiro atoms. The van der Waals surface area contributed by atoms with Crippen LogP contribution in [0.4, 0.5) is 5.69 Å². The summed E-state index contributed by atoms with van der Waals surface area (Å²) < 4.78 is 18.2. The number of aliphatic imine (C=N–C) groups is 1. The van der Waals surface area contributed by atoms with Crippen molar-refractivity contribution in [3.05, 3.63) is 95.1 Å². The van der Waals surface area contributed by atoms with Gasteiger partial charge >= 0.3 is 0 Å². The number of aryl methyl sites for hydroxylation is 2. The van der Waals surface area contributed by atoms with Crippen LogP contribution in [0.25, 0.3) is 10.8 Å². The Labute approximate surface area is 301 Å². The van der Waals surface area contributed by atoms with Gasteiger partial charge in [0.05, 0.1) is 7.11 Å². The van der Waals surface area contributed by atoms with Gasteiger partial charge in [0.25, 0.3) is 0 Å². The summed E-state index contributed by atoms with van der Waals surface area (Å²) in [6.07, 6.45) is 12.8. The van der Waals surface area contributed by atoms with Crippen molar-refractivity contribution in [2.24, 2.45) is 16.6 Å². The van der Waals surface area contributed by atoms with Crippen LogP contribution in [0.2, 0.25) is 0 Å². The Morgan fingerprint density at radius 3 is 2.71 bits per heavy atom. The minimum absolute atomic E-state index is 0.176. The van der Waals surface area contributed by atoms with Gasteiger partial charge in [0, 0.05) is 37.6 Å². The van der Waals surface area contributed by atoms with Crippen molar-refractivity contribution < 1.29 is 24.1 Å². The summed E-state index contributed by atoms with van der Waals surface area (Å²) in [5.41, 5.74) is 10.2. The maximum atomic E-state index is 13.5. The van der Waals surface area contributed by atoms with Gasteiger partial charge in [0.15, 0.2) is 17.5 Å². The van der Waals surface area contributed by atoms with Crippen LogP contribution in [-0.2, 0) is 35.4 Å². The third kappa shape index (κ3) is 9.35. The van der Waals surface area contributed by atoms with Crippen molar-refractivity contribution in [2.45, 2.75) is 89.3 Å². The van der Waals surface area contributed by atoms with E-state index in [-0.39, 0.29) is 11.5 Å². The molecule has 0 saturated heterocycles. The van der Waals surface area contributed by atoms with Gasteiger partial charge in [-0.05, 0) is 115 Å². The maximum absolute atomic E-state index is 13.5. The number of nitrogens with zero attached hydrogens (tertiary/aromatic N) is 1. The highest BCUT2D eigenvalue weighted by Crippen LogP contribution is 2.40. The third-order valence-corrected chi connectivity index (χ3v) is 10.4. The molecule has 1 fully saturated rings. The van der Waals surface area contributed by atoms with E-state index in [1.54, 1.807) is 20.2 Å². The first-order chi connectivity index (χ1) is 24.8. The molecule has 266 valence electrons. The van der Waals surface area contributed by atoms with Crippen LogP contribution >= 0.6 is 0 Å². The average molecular weight is 688 g/mol. The second-order valence-electron chi connectivity index (χ2n) is 14.0. The molecule has 0 atom stereocenters. The Hall–Kier alpha value is -5.16. The second-order valence-corrected chi connectivity index (χ2v) is 14.0. The largest absolute Gasteiger partial charge is 0.508 e. The molecule has 0 radical (unpaired) electrons. The van der Waals surface area contributed by atoms with E-state index in [2.05, 4.69) is 40.5 Å². The number of nitrogens with two attached hydrogens (primary N) is 1. The number of ketones is 1. The topological polar surface area (TPSA) is 115 Å². The van der Waals surface area contributed by atoms with Crippen LogP contribution in [0, 0.1) is 17.9 Å². The van der Waals surface area contributed by atoms with Gasteiger partial charge in [-0.25, -0.2) is 0 Å². The fourth-order valence-corrected chi connectivity index (χ4v) is 7.44. The van der Waals surface area contributed by atoms with Crippen LogP contribution in [0.3, 0.4) is 0 Å². The van der Waals surface area contributed by atoms with Crippen molar-refractivity contribution in [3.8, 4) is 29.3 Å². The van der Waals surface area contributed by atoms with Crippen LogP contribution in [0.15, 0.2) is 77.8 Å². The number of benzene rings is 4. The zero-order valence-electron chi connectivity index (χ0n) is 29.8. The zero-order chi connectivity index (χ0) is 35.6. The smallest absolute Gasteiger partial charge is 0.192 e. The SMILES string of the molecule is CN=C(N)Nc1cccc(CCCCC2CCC3(CC2)CC(=O)CCc2ccc(OC)c(c2)OCc2ccc4c(c(O)ccc4c2)CC#CO3)c1. The summed E-state index contributed by atoms with van der Waals surface area (Å²) in [6.45, 7) is 0.360. The van der Waals surface area contributed by atoms with Crippen LogP contribution in [0.1, 0.15) is 80.0 Å². The second kappa shape index (κ2) is 16.7. The minimum atomic E-state index is -0.607. The van der Waals surface area contributed by atoms with E-state index in [0.717, 1.165) is 84.5 Å². The molecule has 0 aromatic heterocycles. The number of Topliss-reactive ketones (excluding diaryl/α,β-unsaturated/α-hetero) is 1. The number of carbonyl (C=O) groups is 1. The van der Waals surface area contributed by atoms with Crippen molar-refractivity contribution in [1.82, 2.24) is 0 Å². The highest BCUT2D eigenvalue weighted by atomic mass is 16.5. The molecule has 1 aliphatic carbocycles. The maximum Gasteiger partial charge on any atom is 0.192 e. The zero-order valence-corrected chi connectivity index (χ0v) is 29.8. The Kier molecular flexibility index (Phi) is 11.7. The molecular formula is C43H49N3O5. The van der Waals surface area contributed by atoms with E-state index in [9.17, 15) is 9.90 Å². The van der Waals surface area contributed by atoms with Gasteiger partial charge < -0.3 is 30.4 Å². The van der Waals surface area contributed by atoms with E-state index in [0.29, 0.717) is 55.7 Å².